The molecule has 1 aromatic carbocycles. The van der Waals surface area contributed by atoms with Crippen LogP contribution in [0.5, 0.6) is 0 Å². The van der Waals surface area contributed by atoms with Crippen LogP contribution in [0.2, 0.25) is 5.02 Å². The normalized spacial score (nSPS) is 22.2. The molecule has 2 rings (SSSR count). The van der Waals surface area contributed by atoms with Gasteiger partial charge >= 0.3 is 0 Å². The Labute approximate surface area is 129 Å². The summed E-state index contributed by atoms with van der Waals surface area (Å²) in [7, 11) is 0. The number of hydrogen-bond donors (Lipinski definition) is 1. The summed E-state index contributed by atoms with van der Waals surface area (Å²) in [5.74, 6) is 0.238. The van der Waals surface area contributed by atoms with Crippen molar-refractivity contribution in [3.05, 3.63) is 38.9 Å². The highest BCUT2D eigenvalue weighted by Crippen LogP contribution is 2.28. The molecular weight excluding hydrogens is 292 g/mol. The van der Waals surface area contributed by atoms with Crippen molar-refractivity contribution in [2.45, 2.75) is 32.2 Å². The molecule has 1 aromatic rings. The molecule has 1 heterocycles. The minimum absolute atomic E-state index is 0.138. The standard InChI is InChI=1S/C15H21ClN2O3/c1-2-6-17-14-5-7-21-10-12(14)8-11-9-13(16)3-4-15(11)18(19)20/h3-4,9,12,14,17H,2,5-8,10H2,1H3. The van der Waals surface area contributed by atoms with Crippen LogP contribution in [-0.4, -0.2) is 30.7 Å². The highest BCUT2D eigenvalue weighted by Gasteiger charge is 2.27. The highest BCUT2D eigenvalue weighted by atomic mass is 35.5. The Hall–Kier alpha value is -1.17. The molecule has 0 amide bonds. The van der Waals surface area contributed by atoms with Gasteiger partial charge < -0.3 is 10.1 Å². The average molecular weight is 313 g/mol. The third-order valence-corrected chi connectivity index (χ3v) is 4.09. The Morgan fingerprint density at radius 1 is 1.52 bits per heavy atom. The summed E-state index contributed by atoms with van der Waals surface area (Å²) in [6.45, 7) is 4.46. The maximum atomic E-state index is 11.1. The summed E-state index contributed by atoms with van der Waals surface area (Å²) in [6.07, 6.45) is 2.62. The number of nitro groups is 1. The van der Waals surface area contributed by atoms with E-state index in [0.717, 1.165) is 26.0 Å². The average Bonchev–Trinajstić information content (AvgIpc) is 2.46. The molecule has 0 radical (unpaired) electrons. The first kappa shape index (κ1) is 16.2. The monoisotopic (exact) mass is 312 g/mol. The third kappa shape index (κ3) is 4.40. The van der Waals surface area contributed by atoms with Crippen molar-refractivity contribution < 1.29 is 9.66 Å². The van der Waals surface area contributed by atoms with Crippen molar-refractivity contribution in [2.75, 3.05) is 19.8 Å². The van der Waals surface area contributed by atoms with Crippen molar-refractivity contribution in [1.29, 1.82) is 0 Å². The number of nitro benzene ring substituents is 1. The minimum atomic E-state index is -0.343. The molecule has 1 N–H and O–H groups in total. The Bertz CT molecular complexity index is 496. The molecule has 6 heteroatoms. The van der Waals surface area contributed by atoms with Gasteiger partial charge in [0.1, 0.15) is 0 Å². The number of nitrogens with zero attached hydrogens (tertiary/aromatic N) is 1. The van der Waals surface area contributed by atoms with Crippen molar-refractivity contribution in [3.8, 4) is 0 Å². The first-order valence-electron chi connectivity index (χ1n) is 7.35. The molecule has 2 atom stereocenters. The summed E-state index contributed by atoms with van der Waals surface area (Å²) < 4.78 is 5.55. The van der Waals surface area contributed by atoms with Crippen molar-refractivity contribution in [2.24, 2.45) is 5.92 Å². The summed E-state index contributed by atoms with van der Waals surface area (Å²) in [5, 5.41) is 15.2. The predicted molar refractivity (Wildman–Crippen MR) is 82.8 cm³/mol. The van der Waals surface area contributed by atoms with Crippen LogP contribution >= 0.6 is 11.6 Å². The second-order valence-corrected chi connectivity index (χ2v) is 5.85. The van der Waals surface area contributed by atoms with Gasteiger partial charge in [-0.2, -0.15) is 0 Å². The van der Waals surface area contributed by atoms with Gasteiger partial charge in [0.15, 0.2) is 0 Å². The van der Waals surface area contributed by atoms with Crippen molar-refractivity contribution >= 4 is 17.3 Å². The predicted octanol–water partition coefficient (Wildman–Crippen LogP) is 3.20. The number of rotatable bonds is 6. The van der Waals surface area contributed by atoms with Crippen LogP contribution in [0.1, 0.15) is 25.3 Å². The Morgan fingerprint density at radius 3 is 3.05 bits per heavy atom. The minimum Gasteiger partial charge on any atom is -0.381 e. The number of benzene rings is 1. The van der Waals surface area contributed by atoms with E-state index in [4.69, 9.17) is 16.3 Å². The van der Waals surface area contributed by atoms with Gasteiger partial charge in [0.2, 0.25) is 0 Å². The van der Waals surface area contributed by atoms with Crippen LogP contribution in [0.15, 0.2) is 18.2 Å². The van der Waals surface area contributed by atoms with Crippen LogP contribution < -0.4 is 5.32 Å². The van der Waals surface area contributed by atoms with Crippen LogP contribution in [-0.2, 0) is 11.2 Å². The van der Waals surface area contributed by atoms with E-state index in [2.05, 4.69) is 12.2 Å². The number of ether oxygens (including phenoxy) is 1. The molecule has 1 aliphatic rings. The fraction of sp³-hybridized carbons (Fsp3) is 0.600. The van der Waals surface area contributed by atoms with Gasteiger partial charge in [-0.25, -0.2) is 0 Å². The van der Waals surface area contributed by atoms with E-state index in [9.17, 15) is 10.1 Å². The smallest absolute Gasteiger partial charge is 0.272 e. The topological polar surface area (TPSA) is 64.4 Å². The molecule has 0 aliphatic carbocycles. The van der Waals surface area contributed by atoms with Crippen LogP contribution in [0.3, 0.4) is 0 Å². The number of hydrogen-bond acceptors (Lipinski definition) is 4. The fourth-order valence-electron chi connectivity index (χ4n) is 2.77. The molecule has 1 aliphatic heterocycles. The lowest BCUT2D eigenvalue weighted by Crippen LogP contribution is -2.44. The molecule has 0 saturated carbocycles. The molecular formula is C15H21ClN2O3. The van der Waals surface area contributed by atoms with Gasteiger partial charge in [-0.05, 0) is 37.9 Å². The summed E-state index contributed by atoms with van der Waals surface area (Å²) in [6, 6.07) is 5.09. The van der Waals surface area contributed by atoms with E-state index in [0.29, 0.717) is 29.7 Å². The zero-order chi connectivity index (χ0) is 15.2. The molecule has 21 heavy (non-hydrogen) atoms. The van der Waals surface area contributed by atoms with Gasteiger partial charge in [-0.15, -0.1) is 0 Å². The lowest BCUT2D eigenvalue weighted by Gasteiger charge is -2.32. The largest absolute Gasteiger partial charge is 0.381 e. The maximum Gasteiger partial charge on any atom is 0.272 e. The Morgan fingerprint density at radius 2 is 2.33 bits per heavy atom. The van der Waals surface area contributed by atoms with E-state index >= 15 is 0 Å². The van der Waals surface area contributed by atoms with Crippen LogP contribution in [0.4, 0.5) is 5.69 Å². The highest BCUT2D eigenvalue weighted by molar-refractivity contribution is 6.30. The van der Waals surface area contributed by atoms with Gasteiger partial charge in [-0.1, -0.05) is 18.5 Å². The molecule has 0 aromatic heterocycles. The second kappa shape index (κ2) is 7.73. The van der Waals surface area contributed by atoms with Gasteiger partial charge in [0.25, 0.3) is 5.69 Å². The van der Waals surface area contributed by atoms with Crippen molar-refractivity contribution in [1.82, 2.24) is 5.32 Å². The van der Waals surface area contributed by atoms with Gasteiger partial charge in [-0.3, -0.25) is 10.1 Å². The molecule has 116 valence electrons. The molecule has 1 fully saturated rings. The van der Waals surface area contributed by atoms with E-state index < -0.39 is 0 Å². The first-order valence-corrected chi connectivity index (χ1v) is 7.73. The molecule has 5 nitrogen and oxygen atoms in total. The SMILES string of the molecule is CCCNC1CCOCC1Cc1cc(Cl)ccc1[N+](=O)[O-]. The van der Waals surface area contributed by atoms with Gasteiger partial charge in [0.05, 0.1) is 11.5 Å². The summed E-state index contributed by atoms with van der Waals surface area (Å²) >= 11 is 5.99. The Balaban J connectivity index is 2.14. The summed E-state index contributed by atoms with van der Waals surface area (Å²) in [4.78, 5) is 10.8. The van der Waals surface area contributed by atoms with Gasteiger partial charge in [0, 0.05) is 35.2 Å². The number of halogens is 1. The van der Waals surface area contributed by atoms with E-state index in [-0.39, 0.29) is 16.5 Å². The zero-order valence-corrected chi connectivity index (χ0v) is 12.9. The quantitative estimate of drug-likeness (QED) is 0.647. The maximum absolute atomic E-state index is 11.1. The second-order valence-electron chi connectivity index (χ2n) is 5.42. The molecule has 0 spiro atoms. The van der Waals surface area contributed by atoms with Crippen LogP contribution in [0.25, 0.3) is 0 Å². The first-order chi connectivity index (χ1) is 10.1. The fourth-order valence-corrected chi connectivity index (χ4v) is 2.97. The number of nitrogens with one attached hydrogen (secondary N) is 1. The zero-order valence-electron chi connectivity index (χ0n) is 12.2. The van der Waals surface area contributed by atoms with E-state index in [1.807, 2.05) is 0 Å². The molecule has 1 saturated heterocycles. The summed E-state index contributed by atoms with van der Waals surface area (Å²) in [5.41, 5.74) is 0.825. The lowest BCUT2D eigenvalue weighted by molar-refractivity contribution is -0.385. The van der Waals surface area contributed by atoms with Crippen LogP contribution in [0, 0.1) is 16.0 Å². The van der Waals surface area contributed by atoms with E-state index in [1.54, 1.807) is 12.1 Å². The molecule has 0 bridgehead atoms. The lowest BCUT2D eigenvalue weighted by atomic mass is 9.88. The van der Waals surface area contributed by atoms with E-state index in [1.165, 1.54) is 6.07 Å². The molecule has 2 unspecified atom stereocenters. The Kier molecular flexibility index (Phi) is 5.96. The van der Waals surface area contributed by atoms with Crippen molar-refractivity contribution in [3.63, 3.8) is 0 Å². The third-order valence-electron chi connectivity index (χ3n) is 3.85.